The van der Waals surface area contributed by atoms with E-state index in [-0.39, 0.29) is 0 Å². The normalized spacial score (nSPS) is 12.8. The standard InChI is InChI=1S/C20H25N7/c1-12(2)14(9-21)8-19(23)27-20-6-5-17-18(26-20)7-15(10-25-17)16(11-24-4)13(3)22/h5-11,22,24H,1,21,23H2,2-4H3,(H,26,27)/b14-9+,16-11+,19-8+,22-13?. The van der Waals surface area contributed by atoms with Gasteiger partial charge in [0, 0.05) is 42.5 Å². The van der Waals surface area contributed by atoms with Crippen LogP contribution in [0.2, 0.25) is 0 Å². The molecule has 0 aromatic carbocycles. The van der Waals surface area contributed by atoms with E-state index in [0.717, 1.165) is 27.8 Å². The van der Waals surface area contributed by atoms with Crippen molar-refractivity contribution in [3.63, 3.8) is 0 Å². The van der Waals surface area contributed by atoms with Crippen LogP contribution in [-0.2, 0) is 0 Å². The van der Waals surface area contributed by atoms with Gasteiger partial charge in [-0.3, -0.25) is 4.98 Å². The van der Waals surface area contributed by atoms with E-state index < -0.39 is 0 Å². The largest absolute Gasteiger partial charge is 0.404 e. The Morgan fingerprint density at radius 1 is 1.26 bits per heavy atom. The molecule has 2 rings (SSSR count). The van der Waals surface area contributed by atoms with Crippen molar-refractivity contribution in [2.24, 2.45) is 11.5 Å². The van der Waals surface area contributed by atoms with Crippen molar-refractivity contribution in [2.75, 3.05) is 12.4 Å². The molecule has 0 unspecified atom stereocenters. The summed E-state index contributed by atoms with van der Waals surface area (Å²) < 4.78 is 0. The first-order chi connectivity index (χ1) is 12.8. The summed E-state index contributed by atoms with van der Waals surface area (Å²) in [6, 6.07) is 5.56. The lowest BCUT2D eigenvalue weighted by molar-refractivity contribution is 1.11. The topological polar surface area (TPSA) is 126 Å². The molecule has 0 radical (unpaired) electrons. The highest BCUT2D eigenvalue weighted by atomic mass is 15.1. The van der Waals surface area contributed by atoms with Crippen molar-refractivity contribution < 1.29 is 0 Å². The summed E-state index contributed by atoms with van der Waals surface area (Å²) in [6.45, 7) is 7.44. The Labute approximate surface area is 159 Å². The molecule has 0 saturated heterocycles. The van der Waals surface area contributed by atoms with Crippen molar-refractivity contribution in [1.29, 1.82) is 5.41 Å². The predicted octanol–water partition coefficient (Wildman–Crippen LogP) is 2.86. The van der Waals surface area contributed by atoms with Crippen molar-refractivity contribution in [3.05, 3.63) is 72.0 Å². The average Bonchev–Trinajstić information content (AvgIpc) is 2.63. The average molecular weight is 363 g/mol. The zero-order valence-corrected chi connectivity index (χ0v) is 15.8. The summed E-state index contributed by atoms with van der Waals surface area (Å²) in [7, 11) is 1.79. The number of aromatic nitrogens is 2. The molecular formula is C20H25N7. The van der Waals surface area contributed by atoms with E-state index >= 15 is 0 Å². The highest BCUT2D eigenvalue weighted by molar-refractivity contribution is 6.21. The molecular weight excluding hydrogens is 338 g/mol. The van der Waals surface area contributed by atoms with Gasteiger partial charge < -0.3 is 27.5 Å². The van der Waals surface area contributed by atoms with Crippen LogP contribution in [0, 0.1) is 5.41 Å². The molecule has 0 fully saturated rings. The molecule has 0 aliphatic carbocycles. The molecule has 0 aliphatic rings. The van der Waals surface area contributed by atoms with Gasteiger partial charge in [0.25, 0.3) is 0 Å². The molecule has 0 atom stereocenters. The number of nitrogens with zero attached hydrogens (tertiary/aromatic N) is 2. The Hall–Kier alpha value is -3.61. The van der Waals surface area contributed by atoms with Gasteiger partial charge in [0.1, 0.15) is 11.6 Å². The summed E-state index contributed by atoms with van der Waals surface area (Å²) in [5.74, 6) is 0.982. The molecule has 7 heteroatoms. The van der Waals surface area contributed by atoms with Crippen LogP contribution in [0.1, 0.15) is 19.4 Å². The van der Waals surface area contributed by atoms with Gasteiger partial charge in [0.15, 0.2) is 0 Å². The summed E-state index contributed by atoms with van der Waals surface area (Å²) in [6.07, 6.45) is 6.66. The molecule has 0 amide bonds. The first-order valence-electron chi connectivity index (χ1n) is 8.37. The summed E-state index contributed by atoms with van der Waals surface area (Å²) in [5, 5.41) is 13.9. The molecule has 0 spiro atoms. The van der Waals surface area contributed by atoms with Gasteiger partial charge in [0.05, 0.1) is 11.0 Å². The number of nitrogens with two attached hydrogens (primary N) is 2. The van der Waals surface area contributed by atoms with Crippen LogP contribution in [-0.4, -0.2) is 22.7 Å². The quantitative estimate of drug-likeness (QED) is 0.380. The third-order valence-corrected chi connectivity index (χ3v) is 3.80. The van der Waals surface area contributed by atoms with E-state index in [1.54, 1.807) is 38.5 Å². The van der Waals surface area contributed by atoms with Gasteiger partial charge in [-0.25, -0.2) is 4.98 Å². The molecule has 2 aromatic rings. The minimum atomic E-state index is 0.400. The maximum absolute atomic E-state index is 7.94. The molecule has 0 bridgehead atoms. The predicted molar refractivity (Wildman–Crippen MR) is 113 cm³/mol. The van der Waals surface area contributed by atoms with Gasteiger partial charge >= 0.3 is 0 Å². The number of anilines is 1. The molecule has 2 aromatic heterocycles. The number of nitrogens with one attached hydrogen (secondary N) is 3. The monoisotopic (exact) mass is 363 g/mol. The number of pyridine rings is 2. The smallest absolute Gasteiger partial charge is 0.132 e. The lowest BCUT2D eigenvalue weighted by atomic mass is 10.0. The Bertz CT molecular complexity index is 967. The summed E-state index contributed by atoms with van der Waals surface area (Å²) >= 11 is 0. The van der Waals surface area contributed by atoms with Crippen LogP contribution in [0.4, 0.5) is 5.82 Å². The summed E-state index contributed by atoms with van der Waals surface area (Å²) in [5.41, 5.74) is 16.6. The fraction of sp³-hybridized carbons (Fsp3) is 0.150. The molecule has 140 valence electrons. The minimum absolute atomic E-state index is 0.400. The second kappa shape index (κ2) is 8.66. The van der Waals surface area contributed by atoms with Crippen molar-refractivity contribution >= 4 is 28.1 Å². The molecule has 7 nitrogen and oxygen atoms in total. The van der Waals surface area contributed by atoms with Gasteiger partial charge in [-0.15, -0.1) is 0 Å². The van der Waals surface area contributed by atoms with E-state index in [9.17, 15) is 0 Å². The highest BCUT2D eigenvalue weighted by Crippen LogP contribution is 2.20. The first kappa shape index (κ1) is 19.7. The number of hydrogen-bond donors (Lipinski definition) is 5. The van der Waals surface area contributed by atoms with Gasteiger partial charge in [-0.1, -0.05) is 6.58 Å². The van der Waals surface area contributed by atoms with E-state index in [0.29, 0.717) is 22.9 Å². The van der Waals surface area contributed by atoms with Crippen molar-refractivity contribution in [1.82, 2.24) is 15.3 Å². The number of rotatable bonds is 7. The number of fused-ring (bicyclic) bond motifs is 1. The second-order valence-electron chi connectivity index (χ2n) is 6.06. The molecule has 7 N–H and O–H groups in total. The Morgan fingerprint density at radius 3 is 2.59 bits per heavy atom. The molecule has 2 heterocycles. The highest BCUT2D eigenvalue weighted by Gasteiger charge is 2.08. The third kappa shape index (κ3) is 4.94. The van der Waals surface area contributed by atoms with E-state index in [2.05, 4.69) is 27.2 Å². The van der Waals surface area contributed by atoms with Crippen LogP contribution in [0.25, 0.3) is 16.6 Å². The van der Waals surface area contributed by atoms with Gasteiger partial charge in [-0.2, -0.15) is 0 Å². The fourth-order valence-electron chi connectivity index (χ4n) is 2.44. The zero-order chi connectivity index (χ0) is 20.0. The van der Waals surface area contributed by atoms with Crippen LogP contribution in [0.15, 0.2) is 66.4 Å². The maximum Gasteiger partial charge on any atom is 0.132 e. The maximum atomic E-state index is 7.94. The Balaban J connectivity index is 2.38. The first-order valence-corrected chi connectivity index (χ1v) is 8.37. The SMILES string of the molecule is C=C(C)C(/C=C(\N)Nc1ccc2ncc(/C(=C/NC)C(C)=N)cc2n1)=C/N. The zero-order valence-electron chi connectivity index (χ0n) is 15.8. The van der Waals surface area contributed by atoms with E-state index in [4.69, 9.17) is 16.9 Å². The Kier molecular flexibility index (Phi) is 6.32. The van der Waals surface area contributed by atoms with Gasteiger partial charge in [0.2, 0.25) is 0 Å². The van der Waals surface area contributed by atoms with Crippen LogP contribution in [0.3, 0.4) is 0 Å². The molecule has 0 aliphatic heterocycles. The number of hydrogen-bond acceptors (Lipinski definition) is 7. The van der Waals surface area contributed by atoms with Crippen LogP contribution >= 0.6 is 0 Å². The van der Waals surface area contributed by atoms with Crippen molar-refractivity contribution in [2.45, 2.75) is 13.8 Å². The summed E-state index contributed by atoms with van der Waals surface area (Å²) in [4.78, 5) is 9.00. The second-order valence-corrected chi connectivity index (χ2v) is 6.06. The van der Waals surface area contributed by atoms with Crippen LogP contribution in [0.5, 0.6) is 0 Å². The van der Waals surface area contributed by atoms with Crippen molar-refractivity contribution in [3.8, 4) is 0 Å². The number of allylic oxidation sites excluding steroid dienone is 4. The third-order valence-electron chi connectivity index (χ3n) is 3.80. The van der Waals surface area contributed by atoms with Crippen LogP contribution < -0.4 is 22.1 Å². The molecule has 0 saturated carbocycles. The van der Waals surface area contributed by atoms with E-state index in [1.807, 2.05) is 19.1 Å². The Morgan fingerprint density at radius 2 is 2.00 bits per heavy atom. The minimum Gasteiger partial charge on any atom is -0.404 e. The fourth-order valence-corrected chi connectivity index (χ4v) is 2.44. The molecule has 27 heavy (non-hydrogen) atoms. The van der Waals surface area contributed by atoms with Gasteiger partial charge in [-0.05, 0) is 49.3 Å². The lowest BCUT2D eigenvalue weighted by Crippen LogP contribution is -2.11. The van der Waals surface area contributed by atoms with E-state index in [1.165, 1.54) is 6.20 Å². The lowest BCUT2D eigenvalue weighted by Gasteiger charge is -2.10.